The van der Waals surface area contributed by atoms with E-state index < -0.39 is 5.97 Å². The van der Waals surface area contributed by atoms with Crippen molar-refractivity contribution in [1.29, 1.82) is 0 Å². The highest BCUT2D eigenvalue weighted by Gasteiger charge is 2.34. The molecule has 5 heteroatoms. The summed E-state index contributed by atoms with van der Waals surface area (Å²) >= 11 is 0. The molecule has 1 aromatic rings. The van der Waals surface area contributed by atoms with Crippen LogP contribution in [0.25, 0.3) is 0 Å². The first-order valence-corrected chi connectivity index (χ1v) is 6.42. The molecule has 1 aliphatic rings. The van der Waals surface area contributed by atoms with Crippen molar-refractivity contribution in [3.05, 3.63) is 30.3 Å². The number of likely N-dealkylation sites (tertiary alicyclic amines) is 1. The molecule has 1 heterocycles. The Morgan fingerprint density at radius 2 is 1.95 bits per heavy atom. The Bertz CT molecular complexity index is 455. The average molecular weight is 262 g/mol. The van der Waals surface area contributed by atoms with Crippen LogP contribution in [0, 0.1) is 5.92 Å². The van der Waals surface area contributed by atoms with E-state index in [-0.39, 0.29) is 18.4 Å². The van der Waals surface area contributed by atoms with Crippen LogP contribution in [0.3, 0.4) is 0 Å². The van der Waals surface area contributed by atoms with E-state index >= 15 is 0 Å². The van der Waals surface area contributed by atoms with Gasteiger partial charge in [-0.3, -0.25) is 14.5 Å². The summed E-state index contributed by atoms with van der Waals surface area (Å²) in [5.74, 6) is -1.09. The summed E-state index contributed by atoms with van der Waals surface area (Å²) < 4.78 is 0. The highest BCUT2D eigenvalue weighted by Crippen LogP contribution is 2.17. The number of benzene rings is 1. The van der Waals surface area contributed by atoms with Crippen molar-refractivity contribution < 1.29 is 14.7 Å². The quantitative estimate of drug-likeness (QED) is 0.862. The fraction of sp³-hybridized carbons (Fsp3) is 0.429. The molecule has 0 unspecified atom stereocenters. The minimum Gasteiger partial charge on any atom is -0.481 e. The summed E-state index contributed by atoms with van der Waals surface area (Å²) in [5, 5.41) is 8.80. The second-order valence-electron chi connectivity index (χ2n) is 4.70. The molecule has 19 heavy (non-hydrogen) atoms. The monoisotopic (exact) mass is 262 g/mol. The SMILES string of the molecule is CCN(C(=O)CN1CC(C(=O)O)C1)c1ccccc1. The van der Waals surface area contributed by atoms with Crippen LogP contribution in [-0.4, -0.2) is 48.1 Å². The molecule has 1 N–H and O–H groups in total. The molecule has 1 aromatic carbocycles. The molecular formula is C14H18N2O3. The van der Waals surface area contributed by atoms with Crippen molar-refractivity contribution in [2.24, 2.45) is 5.92 Å². The van der Waals surface area contributed by atoms with Gasteiger partial charge in [-0.2, -0.15) is 0 Å². The molecule has 0 aromatic heterocycles. The summed E-state index contributed by atoms with van der Waals surface area (Å²) in [7, 11) is 0. The normalized spacial score (nSPS) is 15.8. The number of para-hydroxylation sites is 1. The van der Waals surface area contributed by atoms with Gasteiger partial charge in [-0.25, -0.2) is 0 Å². The standard InChI is InChI=1S/C14H18N2O3/c1-2-16(12-6-4-3-5-7-12)13(17)10-15-8-11(9-15)14(18)19/h3-7,11H,2,8-10H2,1H3,(H,18,19). The van der Waals surface area contributed by atoms with Crippen molar-refractivity contribution in [1.82, 2.24) is 4.90 Å². The molecule has 0 bridgehead atoms. The van der Waals surface area contributed by atoms with Crippen LogP contribution < -0.4 is 4.90 Å². The van der Waals surface area contributed by atoms with Gasteiger partial charge in [0.15, 0.2) is 0 Å². The molecule has 0 spiro atoms. The number of anilines is 1. The maximum atomic E-state index is 12.2. The number of hydrogen-bond acceptors (Lipinski definition) is 3. The van der Waals surface area contributed by atoms with Crippen LogP contribution in [0.4, 0.5) is 5.69 Å². The largest absolute Gasteiger partial charge is 0.481 e. The third-order valence-corrected chi connectivity index (χ3v) is 3.35. The molecule has 1 amide bonds. The van der Waals surface area contributed by atoms with E-state index in [0.717, 1.165) is 5.69 Å². The molecule has 1 saturated heterocycles. The van der Waals surface area contributed by atoms with Gasteiger partial charge in [-0.1, -0.05) is 18.2 Å². The second-order valence-corrected chi connectivity index (χ2v) is 4.70. The summed E-state index contributed by atoms with van der Waals surface area (Å²) in [6.07, 6.45) is 0. The van der Waals surface area contributed by atoms with Crippen molar-refractivity contribution in [3.8, 4) is 0 Å². The van der Waals surface area contributed by atoms with Crippen LogP contribution in [0.5, 0.6) is 0 Å². The first-order valence-electron chi connectivity index (χ1n) is 6.42. The Morgan fingerprint density at radius 3 is 2.47 bits per heavy atom. The van der Waals surface area contributed by atoms with Gasteiger partial charge in [-0.15, -0.1) is 0 Å². The smallest absolute Gasteiger partial charge is 0.309 e. The van der Waals surface area contributed by atoms with Gasteiger partial charge in [0, 0.05) is 25.3 Å². The number of likely N-dealkylation sites (N-methyl/N-ethyl adjacent to an activating group) is 1. The Kier molecular flexibility index (Phi) is 4.16. The maximum absolute atomic E-state index is 12.2. The van der Waals surface area contributed by atoms with Crippen molar-refractivity contribution >= 4 is 17.6 Å². The van der Waals surface area contributed by atoms with E-state index in [1.807, 2.05) is 42.2 Å². The summed E-state index contributed by atoms with van der Waals surface area (Å²) in [5.41, 5.74) is 0.880. The Balaban J connectivity index is 1.91. The van der Waals surface area contributed by atoms with Crippen molar-refractivity contribution in [3.63, 3.8) is 0 Å². The van der Waals surface area contributed by atoms with E-state index in [2.05, 4.69) is 0 Å². The molecule has 2 rings (SSSR count). The topological polar surface area (TPSA) is 60.9 Å². The zero-order valence-corrected chi connectivity index (χ0v) is 11.0. The molecule has 102 valence electrons. The van der Waals surface area contributed by atoms with Crippen molar-refractivity contribution in [2.75, 3.05) is 31.1 Å². The first kappa shape index (κ1) is 13.5. The number of aliphatic carboxylic acids is 1. The second kappa shape index (κ2) is 5.84. The van der Waals surface area contributed by atoms with Crippen LogP contribution in [-0.2, 0) is 9.59 Å². The lowest BCUT2D eigenvalue weighted by molar-refractivity contribution is -0.148. The number of rotatable bonds is 5. The summed E-state index contributed by atoms with van der Waals surface area (Å²) in [6, 6.07) is 9.51. The average Bonchev–Trinajstić information content (AvgIpc) is 2.35. The number of hydrogen-bond donors (Lipinski definition) is 1. The van der Waals surface area contributed by atoms with E-state index in [1.54, 1.807) is 4.90 Å². The van der Waals surface area contributed by atoms with Gasteiger partial charge in [0.1, 0.15) is 0 Å². The third-order valence-electron chi connectivity index (χ3n) is 3.35. The first-order chi connectivity index (χ1) is 9.11. The van der Waals surface area contributed by atoms with E-state index in [1.165, 1.54) is 0 Å². The molecule has 0 radical (unpaired) electrons. The molecule has 0 saturated carbocycles. The molecule has 0 aliphatic carbocycles. The summed E-state index contributed by atoms with van der Waals surface area (Å²) in [6.45, 7) is 3.76. The number of carbonyl (C=O) groups excluding carboxylic acids is 1. The van der Waals surface area contributed by atoms with Gasteiger partial charge in [-0.05, 0) is 19.1 Å². The van der Waals surface area contributed by atoms with E-state index in [4.69, 9.17) is 5.11 Å². The van der Waals surface area contributed by atoms with Gasteiger partial charge in [0.2, 0.25) is 5.91 Å². The minimum absolute atomic E-state index is 0.0116. The van der Waals surface area contributed by atoms with Crippen LogP contribution in [0.15, 0.2) is 30.3 Å². The molecule has 1 aliphatic heterocycles. The number of carbonyl (C=O) groups is 2. The zero-order valence-electron chi connectivity index (χ0n) is 11.0. The van der Waals surface area contributed by atoms with Gasteiger partial charge < -0.3 is 10.0 Å². The van der Waals surface area contributed by atoms with E-state index in [0.29, 0.717) is 19.6 Å². The number of nitrogens with zero attached hydrogens (tertiary/aromatic N) is 2. The van der Waals surface area contributed by atoms with Gasteiger partial charge in [0.25, 0.3) is 0 Å². The lowest BCUT2D eigenvalue weighted by atomic mass is 10.0. The van der Waals surface area contributed by atoms with Gasteiger partial charge >= 0.3 is 5.97 Å². The number of amides is 1. The van der Waals surface area contributed by atoms with E-state index in [9.17, 15) is 9.59 Å². The maximum Gasteiger partial charge on any atom is 0.309 e. The van der Waals surface area contributed by atoms with Crippen LogP contribution in [0.1, 0.15) is 6.92 Å². The van der Waals surface area contributed by atoms with Crippen LogP contribution >= 0.6 is 0 Å². The third kappa shape index (κ3) is 3.12. The fourth-order valence-corrected chi connectivity index (χ4v) is 2.24. The lowest BCUT2D eigenvalue weighted by Crippen LogP contribution is -2.54. The van der Waals surface area contributed by atoms with Crippen LogP contribution in [0.2, 0.25) is 0 Å². The predicted molar refractivity (Wildman–Crippen MR) is 72.0 cm³/mol. The molecular weight excluding hydrogens is 244 g/mol. The lowest BCUT2D eigenvalue weighted by Gasteiger charge is -2.37. The molecule has 1 fully saturated rings. The minimum atomic E-state index is -0.779. The Morgan fingerprint density at radius 1 is 1.32 bits per heavy atom. The molecule has 0 atom stereocenters. The number of carboxylic acids is 1. The van der Waals surface area contributed by atoms with Crippen molar-refractivity contribution in [2.45, 2.75) is 6.92 Å². The Hall–Kier alpha value is -1.88. The Labute approximate surface area is 112 Å². The van der Waals surface area contributed by atoms with Gasteiger partial charge in [0.05, 0.1) is 12.5 Å². The zero-order chi connectivity index (χ0) is 13.8. The highest BCUT2D eigenvalue weighted by atomic mass is 16.4. The number of carboxylic acid groups (broad SMARTS) is 1. The fourth-order valence-electron chi connectivity index (χ4n) is 2.24. The molecule has 5 nitrogen and oxygen atoms in total. The predicted octanol–water partition coefficient (Wildman–Crippen LogP) is 1.06. The highest BCUT2D eigenvalue weighted by molar-refractivity contribution is 5.94. The summed E-state index contributed by atoms with van der Waals surface area (Å²) in [4.78, 5) is 26.5.